The summed E-state index contributed by atoms with van der Waals surface area (Å²) in [5, 5.41) is 5.94. The predicted octanol–water partition coefficient (Wildman–Crippen LogP) is 0.535. The number of aliphatic imine (C=N–C) groups is 1. The van der Waals surface area contributed by atoms with E-state index >= 15 is 0 Å². The summed E-state index contributed by atoms with van der Waals surface area (Å²) in [5.41, 5.74) is 0.0839. The molecular weight excluding hydrogens is 216 g/mol. The number of hydrogen-bond donors (Lipinski definition) is 2. The molecule has 0 bridgehead atoms. The maximum Gasteiger partial charge on any atom is 0.256 e. The molecule has 5 nitrogen and oxygen atoms in total. The maximum atomic E-state index is 12.0. The molecule has 2 heterocycles. The van der Waals surface area contributed by atoms with Crippen LogP contribution in [0.4, 0.5) is 0 Å². The van der Waals surface area contributed by atoms with E-state index in [9.17, 15) is 4.79 Å². The van der Waals surface area contributed by atoms with Crippen LogP contribution >= 0.6 is 0 Å². The minimum Gasteiger partial charge on any atom is -0.338 e. The molecule has 2 N–H and O–H groups in total. The van der Waals surface area contributed by atoms with E-state index < -0.39 is 5.54 Å². The summed E-state index contributed by atoms with van der Waals surface area (Å²) in [6.07, 6.45) is 5.63. The lowest BCUT2D eigenvalue weighted by atomic mass is 9.94. The summed E-state index contributed by atoms with van der Waals surface area (Å²) in [7, 11) is 0. The first-order valence-corrected chi connectivity index (χ1v) is 5.76. The van der Waals surface area contributed by atoms with Gasteiger partial charge < -0.3 is 5.32 Å². The van der Waals surface area contributed by atoms with Crippen molar-refractivity contribution in [1.82, 2.24) is 15.6 Å². The van der Waals surface area contributed by atoms with Gasteiger partial charge in [-0.1, -0.05) is 6.07 Å². The molecule has 1 amide bonds. The van der Waals surface area contributed by atoms with E-state index in [1.54, 1.807) is 12.4 Å². The third kappa shape index (κ3) is 1.77. The van der Waals surface area contributed by atoms with Crippen molar-refractivity contribution in [3.63, 3.8) is 0 Å². The molecule has 1 atom stereocenters. The second kappa shape index (κ2) is 3.55. The van der Waals surface area contributed by atoms with Crippen LogP contribution in [0.5, 0.6) is 0 Å². The van der Waals surface area contributed by atoms with Crippen LogP contribution < -0.4 is 10.6 Å². The Hall–Kier alpha value is -1.91. The van der Waals surface area contributed by atoms with Gasteiger partial charge in [0.25, 0.3) is 5.91 Å². The number of carbonyl (C=O) groups excluding carboxylic acids is 1. The number of carbonyl (C=O) groups is 1. The third-order valence-electron chi connectivity index (χ3n) is 3.15. The van der Waals surface area contributed by atoms with Crippen LogP contribution in [0.15, 0.2) is 29.5 Å². The zero-order valence-electron chi connectivity index (χ0n) is 9.60. The fourth-order valence-electron chi connectivity index (χ4n) is 1.87. The number of aromatic nitrogens is 1. The van der Waals surface area contributed by atoms with Crippen LogP contribution in [0.1, 0.15) is 25.3 Å². The first kappa shape index (κ1) is 10.3. The Morgan fingerprint density at radius 2 is 2.35 bits per heavy atom. The minimum absolute atomic E-state index is 0.0788. The largest absolute Gasteiger partial charge is 0.338 e. The lowest BCUT2D eigenvalue weighted by Gasteiger charge is -2.20. The lowest BCUT2D eigenvalue weighted by Crippen LogP contribution is -2.40. The van der Waals surface area contributed by atoms with Gasteiger partial charge in [-0.15, -0.1) is 0 Å². The highest BCUT2D eigenvalue weighted by atomic mass is 16.2. The molecule has 1 aliphatic carbocycles. The van der Waals surface area contributed by atoms with Gasteiger partial charge in [-0.3, -0.25) is 15.1 Å². The number of pyridine rings is 1. The lowest BCUT2D eigenvalue weighted by molar-refractivity contribution is -0.123. The van der Waals surface area contributed by atoms with E-state index in [2.05, 4.69) is 20.6 Å². The first-order chi connectivity index (χ1) is 8.18. The molecule has 3 rings (SSSR count). The molecule has 2 fully saturated rings. The molecule has 0 spiro atoms. The number of nitrogens with one attached hydrogen (secondary N) is 2. The van der Waals surface area contributed by atoms with E-state index in [0.717, 1.165) is 18.4 Å². The predicted molar refractivity (Wildman–Crippen MR) is 63.3 cm³/mol. The van der Waals surface area contributed by atoms with E-state index in [0.29, 0.717) is 12.0 Å². The monoisotopic (exact) mass is 230 g/mol. The van der Waals surface area contributed by atoms with Crippen LogP contribution in [-0.2, 0) is 10.3 Å². The molecule has 88 valence electrons. The SMILES string of the molecule is CC1(c2cccnc2)NC(=NC2CC2)NC1=O. The van der Waals surface area contributed by atoms with Gasteiger partial charge in [0.2, 0.25) is 0 Å². The molecule has 0 aromatic carbocycles. The van der Waals surface area contributed by atoms with Crippen LogP contribution in [0.25, 0.3) is 0 Å². The molecule has 1 aromatic heterocycles. The van der Waals surface area contributed by atoms with E-state index in [1.807, 2.05) is 19.1 Å². The maximum absolute atomic E-state index is 12.0. The molecule has 0 radical (unpaired) electrons. The molecule has 5 heteroatoms. The van der Waals surface area contributed by atoms with Crippen molar-refractivity contribution in [2.24, 2.45) is 4.99 Å². The van der Waals surface area contributed by atoms with Gasteiger partial charge in [0.15, 0.2) is 5.96 Å². The smallest absolute Gasteiger partial charge is 0.256 e. The molecular formula is C12H14N4O. The Morgan fingerprint density at radius 3 is 3.00 bits per heavy atom. The van der Waals surface area contributed by atoms with Gasteiger partial charge in [0, 0.05) is 18.0 Å². The Bertz CT molecular complexity index is 481. The number of nitrogens with zero attached hydrogens (tertiary/aromatic N) is 2. The second-order valence-electron chi connectivity index (χ2n) is 4.65. The van der Waals surface area contributed by atoms with Gasteiger partial charge in [0.05, 0.1) is 6.04 Å². The van der Waals surface area contributed by atoms with E-state index in [4.69, 9.17) is 0 Å². The number of amides is 1. The summed E-state index contributed by atoms with van der Waals surface area (Å²) >= 11 is 0. The fraction of sp³-hybridized carbons (Fsp3) is 0.417. The highest BCUT2D eigenvalue weighted by molar-refractivity contribution is 6.09. The average Bonchev–Trinajstić information content (AvgIpc) is 3.08. The molecule has 1 saturated carbocycles. The zero-order chi connectivity index (χ0) is 11.9. The molecule has 1 aliphatic heterocycles. The number of guanidine groups is 1. The van der Waals surface area contributed by atoms with E-state index in [-0.39, 0.29) is 5.91 Å². The zero-order valence-corrected chi connectivity index (χ0v) is 9.60. The van der Waals surface area contributed by atoms with Gasteiger partial charge in [-0.05, 0) is 25.8 Å². The van der Waals surface area contributed by atoms with Crippen molar-refractivity contribution in [3.05, 3.63) is 30.1 Å². The highest BCUT2D eigenvalue weighted by Crippen LogP contribution is 2.26. The molecule has 1 saturated heterocycles. The standard InChI is InChI=1S/C12H14N4O/c1-12(8-3-2-6-13-7-8)10(17)15-11(16-12)14-9-4-5-9/h2-3,6-7,9H,4-5H2,1H3,(H2,14,15,16,17). The summed E-state index contributed by atoms with van der Waals surface area (Å²) in [5.74, 6) is 0.508. The molecule has 2 aliphatic rings. The van der Waals surface area contributed by atoms with Gasteiger partial charge >= 0.3 is 0 Å². The van der Waals surface area contributed by atoms with Gasteiger partial charge in [-0.25, -0.2) is 4.99 Å². The number of rotatable bonds is 2. The van der Waals surface area contributed by atoms with Crippen molar-refractivity contribution in [2.45, 2.75) is 31.3 Å². The topological polar surface area (TPSA) is 66.4 Å². The second-order valence-corrected chi connectivity index (χ2v) is 4.65. The minimum atomic E-state index is -0.762. The van der Waals surface area contributed by atoms with Crippen molar-refractivity contribution in [2.75, 3.05) is 0 Å². The summed E-state index contributed by atoms with van der Waals surface area (Å²) < 4.78 is 0. The van der Waals surface area contributed by atoms with Crippen LogP contribution in [0.2, 0.25) is 0 Å². The molecule has 17 heavy (non-hydrogen) atoms. The van der Waals surface area contributed by atoms with Crippen molar-refractivity contribution in [1.29, 1.82) is 0 Å². The molecule has 1 aromatic rings. The number of hydrogen-bond acceptors (Lipinski definition) is 3. The Labute approximate surface area is 99.4 Å². The average molecular weight is 230 g/mol. The van der Waals surface area contributed by atoms with Crippen LogP contribution in [0, 0.1) is 0 Å². The van der Waals surface area contributed by atoms with Crippen molar-refractivity contribution < 1.29 is 4.79 Å². The fourth-order valence-corrected chi connectivity index (χ4v) is 1.87. The summed E-state index contributed by atoms with van der Waals surface area (Å²) in [6.45, 7) is 1.84. The van der Waals surface area contributed by atoms with Crippen LogP contribution in [-0.4, -0.2) is 22.9 Å². The Morgan fingerprint density at radius 1 is 1.53 bits per heavy atom. The van der Waals surface area contributed by atoms with E-state index in [1.165, 1.54) is 0 Å². The van der Waals surface area contributed by atoms with Gasteiger partial charge in [-0.2, -0.15) is 0 Å². The van der Waals surface area contributed by atoms with Crippen molar-refractivity contribution >= 4 is 11.9 Å². The third-order valence-corrected chi connectivity index (χ3v) is 3.15. The quantitative estimate of drug-likeness (QED) is 0.779. The molecule has 1 unspecified atom stereocenters. The highest BCUT2D eigenvalue weighted by Gasteiger charge is 2.43. The van der Waals surface area contributed by atoms with Crippen molar-refractivity contribution in [3.8, 4) is 0 Å². The Kier molecular flexibility index (Phi) is 2.14. The van der Waals surface area contributed by atoms with Crippen LogP contribution in [0.3, 0.4) is 0 Å². The summed E-state index contributed by atoms with van der Waals surface area (Å²) in [6, 6.07) is 4.10. The normalized spacial score (nSPS) is 30.2. The summed E-state index contributed by atoms with van der Waals surface area (Å²) in [4.78, 5) is 20.5. The van der Waals surface area contributed by atoms with Gasteiger partial charge in [0.1, 0.15) is 5.54 Å². The first-order valence-electron chi connectivity index (χ1n) is 5.76. The Balaban J connectivity index is 1.90.